The minimum atomic E-state index is -0.171. The maximum absolute atomic E-state index is 13.2. The second-order valence-electron chi connectivity index (χ2n) is 12.7. The number of nitrogens with zero attached hydrogens (tertiary/aromatic N) is 3. The van der Waals surface area contributed by atoms with Gasteiger partial charge in [0.15, 0.2) is 0 Å². The molecule has 172 valence electrons. The quantitative estimate of drug-likeness (QED) is 0.757. The van der Waals surface area contributed by atoms with Crippen LogP contribution in [0.1, 0.15) is 98.3 Å². The van der Waals surface area contributed by atoms with E-state index in [4.69, 9.17) is 0 Å². The molecule has 2 N–H and O–H groups in total. The monoisotopic (exact) mass is 437 g/mol. The van der Waals surface area contributed by atoms with Crippen molar-refractivity contribution in [2.45, 2.75) is 88.1 Å². The van der Waals surface area contributed by atoms with Gasteiger partial charge in [0.1, 0.15) is 0 Å². The molecule has 0 aliphatic heterocycles. The third-order valence-electron chi connectivity index (χ3n) is 10.1. The predicted molar refractivity (Wildman–Crippen MR) is 118 cm³/mol. The Morgan fingerprint density at radius 1 is 0.656 bits per heavy atom. The van der Waals surface area contributed by atoms with Crippen LogP contribution in [0.15, 0.2) is 0 Å². The lowest BCUT2D eigenvalue weighted by Gasteiger charge is -2.56. The molecule has 1 heterocycles. The highest BCUT2D eigenvalue weighted by molar-refractivity contribution is 5.95. The first-order valence-electron chi connectivity index (χ1n) is 12.9. The Kier molecular flexibility index (Phi) is 4.01. The van der Waals surface area contributed by atoms with Crippen molar-refractivity contribution >= 4 is 11.8 Å². The molecular formula is C25H35N5O2. The van der Waals surface area contributed by atoms with Crippen molar-refractivity contribution in [1.29, 1.82) is 0 Å². The van der Waals surface area contributed by atoms with Crippen molar-refractivity contribution < 1.29 is 9.59 Å². The molecule has 8 aliphatic carbocycles. The van der Waals surface area contributed by atoms with Crippen LogP contribution in [0.25, 0.3) is 0 Å². The molecule has 8 bridgehead atoms. The molecule has 0 unspecified atom stereocenters. The number of rotatable bonds is 4. The first kappa shape index (κ1) is 19.5. The molecule has 7 heteroatoms. The lowest BCUT2D eigenvalue weighted by molar-refractivity contribution is -0.0171. The first-order valence-corrected chi connectivity index (χ1v) is 12.9. The summed E-state index contributed by atoms with van der Waals surface area (Å²) >= 11 is 0. The zero-order valence-electron chi connectivity index (χ0n) is 19.1. The lowest BCUT2D eigenvalue weighted by atomic mass is 9.53. The highest BCUT2D eigenvalue weighted by Crippen LogP contribution is 2.56. The zero-order valence-corrected chi connectivity index (χ0v) is 19.1. The maximum atomic E-state index is 13.2. The van der Waals surface area contributed by atoms with E-state index in [-0.39, 0.29) is 34.5 Å². The van der Waals surface area contributed by atoms with E-state index in [9.17, 15) is 9.59 Å². The SMILES string of the molecule is Cn1c(C(=O)NC23CC4CC(CC(C4)C2)C3)nnc1C(=O)NC12CC3CC(CC(C3)C1)C2. The number of aromatic nitrogens is 3. The van der Waals surface area contributed by atoms with Gasteiger partial charge in [-0.3, -0.25) is 9.59 Å². The van der Waals surface area contributed by atoms with Crippen LogP contribution in [0.4, 0.5) is 0 Å². The minimum absolute atomic E-state index is 0.0700. The summed E-state index contributed by atoms with van der Waals surface area (Å²) in [6.07, 6.45) is 14.6. The first-order chi connectivity index (χ1) is 15.4. The van der Waals surface area contributed by atoms with Gasteiger partial charge in [0.25, 0.3) is 11.8 Å². The van der Waals surface area contributed by atoms with Gasteiger partial charge in [-0.05, 0) is 113 Å². The van der Waals surface area contributed by atoms with Gasteiger partial charge in [-0.2, -0.15) is 0 Å². The normalized spacial score (nSPS) is 45.3. The summed E-state index contributed by atoms with van der Waals surface area (Å²) < 4.78 is 1.60. The van der Waals surface area contributed by atoms with Gasteiger partial charge in [0, 0.05) is 18.1 Å². The molecule has 7 nitrogen and oxygen atoms in total. The number of carbonyl (C=O) groups is 2. The summed E-state index contributed by atoms with van der Waals surface area (Å²) in [4.78, 5) is 26.5. The van der Waals surface area contributed by atoms with Crippen LogP contribution < -0.4 is 10.6 Å². The van der Waals surface area contributed by atoms with Crippen LogP contribution in [0, 0.1) is 35.5 Å². The highest BCUT2D eigenvalue weighted by Gasteiger charge is 2.53. The van der Waals surface area contributed by atoms with Crippen molar-refractivity contribution in [3.8, 4) is 0 Å². The molecule has 32 heavy (non-hydrogen) atoms. The average Bonchev–Trinajstić information content (AvgIpc) is 3.06. The van der Waals surface area contributed by atoms with Crippen molar-refractivity contribution in [3.05, 3.63) is 11.6 Å². The summed E-state index contributed by atoms with van der Waals surface area (Å²) in [6.45, 7) is 0. The fourth-order valence-corrected chi connectivity index (χ4v) is 9.85. The Morgan fingerprint density at radius 3 is 1.22 bits per heavy atom. The van der Waals surface area contributed by atoms with Crippen molar-refractivity contribution in [2.24, 2.45) is 42.6 Å². The Hall–Kier alpha value is -1.92. The average molecular weight is 438 g/mol. The molecule has 1 aromatic rings. The summed E-state index contributed by atoms with van der Waals surface area (Å²) in [6, 6.07) is 0. The fourth-order valence-electron chi connectivity index (χ4n) is 9.85. The molecule has 9 rings (SSSR count). The van der Waals surface area contributed by atoms with Gasteiger partial charge in [0.05, 0.1) is 0 Å². The van der Waals surface area contributed by atoms with Crippen LogP contribution in [0.3, 0.4) is 0 Å². The standard InChI is InChI=1S/C25H35N5O2/c1-30-20(22(31)26-24-8-14-2-15(9-24)4-16(3-14)10-24)28-29-21(30)23(32)27-25-11-17-5-18(12-25)7-19(6-17)13-25/h14-19H,2-13H2,1H3,(H,26,31)(H,27,32). The van der Waals surface area contributed by atoms with Crippen LogP contribution in [0.5, 0.6) is 0 Å². The van der Waals surface area contributed by atoms with E-state index in [2.05, 4.69) is 20.8 Å². The van der Waals surface area contributed by atoms with Crippen molar-refractivity contribution in [3.63, 3.8) is 0 Å². The third kappa shape index (κ3) is 2.98. The number of amides is 2. The molecule has 0 spiro atoms. The molecular weight excluding hydrogens is 402 g/mol. The summed E-state index contributed by atoms with van der Waals surface area (Å²) in [5, 5.41) is 15.1. The number of hydrogen-bond donors (Lipinski definition) is 2. The summed E-state index contributed by atoms with van der Waals surface area (Å²) in [5.41, 5.74) is -0.140. The molecule has 0 saturated heterocycles. The molecule has 0 atom stereocenters. The smallest absolute Gasteiger partial charge is 0.289 e. The van der Waals surface area contributed by atoms with Crippen LogP contribution in [-0.2, 0) is 7.05 Å². The minimum Gasteiger partial charge on any atom is -0.344 e. The zero-order chi connectivity index (χ0) is 21.7. The van der Waals surface area contributed by atoms with E-state index in [1.54, 1.807) is 11.6 Å². The lowest BCUT2D eigenvalue weighted by Crippen LogP contribution is -2.60. The predicted octanol–water partition coefficient (Wildman–Crippen LogP) is 3.21. The van der Waals surface area contributed by atoms with Crippen molar-refractivity contribution in [2.75, 3.05) is 0 Å². The summed E-state index contributed by atoms with van der Waals surface area (Å²) in [7, 11) is 1.75. The van der Waals surface area contributed by atoms with Gasteiger partial charge in [-0.1, -0.05) is 0 Å². The largest absolute Gasteiger partial charge is 0.344 e. The van der Waals surface area contributed by atoms with E-state index in [1.165, 1.54) is 38.5 Å². The van der Waals surface area contributed by atoms with Gasteiger partial charge in [-0.25, -0.2) is 0 Å². The van der Waals surface area contributed by atoms with Crippen LogP contribution in [-0.4, -0.2) is 37.7 Å². The molecule has 8 saturated carbocycles. The van der Waals surface area contributed by atoms with Crippen LogP contribution >= 0.6 is 0 Å². The molecule has 8 fully saturated rings. The van der Waals surface area contributed by atoms with Gasteiger partial charge in [-0.15, -0.1) is 10.2 Å². The van der Waals surface area contributed by atoms with E-state index in [0.717, 1.165) is 74.0 Å². The van der Waals surface area contributed by atoms with E-state index >= 15 is 0 Å². The Bertz CT molecular complexity index is 835. The van der Waals surface area contributed by atoms with Gasteiger partial charge >= 0.3 is 0 Å². The second-order valence-corrected chi connectivity index (χ2v) is 12.7. The second kappa shape index (κ2) is 6.57. The molecule has 0 radical (unpaired) electrons. The highest BCUT2D eigenvalue weighted by atomic mass is 16.2. The Morgan fingerprint density at radius 2 is 0.938 bits per heavy atom. The maximum Gasteiger partial charge on any atom is 0.289 e. The molecule has 8 aliphatic rings. The third-order valence-corrected chi connectivity index (χ3v) is 10.1. The number of nitrogens with one attached hydrogen (secondary N) is 2. The Balaban J connectivity index is 1.08. The molecule has 2 amide bonds. The number of carbonyl (C=O) groups excluding carboxylic acids is 2. The Labute approximate surface area is 189 Å². The van der Waals surface area contributed by atoms with Crippen LogP contribution in [0.2, 0.25) is 0 Å². The fraction of sp³-hybridized carbons (Fsp3) is 0.840. The van der Waals surface area contributed by atoms with E-state index < -0.39 is 0 Å². The van der Waals surface area contributed by atoms with E-state index in [0.29, 0.717) is 0 Å². The van der Waals surface area contributed by atoms with Gasteiger partial charge in [0.2, 0.25) is 11.6 Å². The number of hydrogen-bond acceptors (Lipinski definition) is 4. The molecule has 0 aromatic carbocycles. The van der Waals surface area contributed by atoms with E-state index in [1.807, 2.05) is 0 Å². The van der Waals surface area contributed by atoms with Gasteiger partial charge < -0.3 is 15.2 Å². The summed E-state index contributed by atoms with van der Waals surface area (Å²) in [5.74, 6) is 4.78. The molecule has 1 aromatic heterocycles. The topological polar surface area (TPSA) is 88.9 Å². The van der Waals surface area contributed by atoms with Crippen molar-refractivity contribution in [1.82, 2.24) is 25.4 Å².